The number of carbonyl (C=O) groups excluding carboxylic acids is 2. The van der Waals surface area contributed by atoms with Crippen LogP contribution in [0, 0.1) is 11.8 Å². The van der Waals surface area contributed by atoms with Crippen LogP contribution >= 0.6 is 0 Å². The molecule has 4 unspecified atom stereocenters. The summed E-state index contributed by atoms with van der Waals surface area (Å²) in [5.41, 5.74) is -2.08. The summed E-state index contributed by atoms with van der Waals surface area (Å²) in [6, 6.07) is 0. The fourth-order valence-corrected chi connectivity index (χ4v) is 5.64. The standard InChI is InChI=1S/C21H36O5.C15H28O5/c1-7-12-21(13-8-2,19(22)26-20(3,4)5)25-15-17-10-9-11-18(14-17)24-16-23-6;1-15(2,3)20-14(16)10-18-9-12-6-5-7-13(8-12)19-11-17-4/h7-8,17-18H,1-2,9-16H2,3-6H3;12-13H,5-11H2,1-4H3. The van der Waals surface area contributed by atoms with Gasteiger partial charge in [0.2, 0.25) is 0 Å². The van der Waals surface area contributed by atoms with Gasteiger partial charge in [-0.25, -0.2) is 9.59 Å². The van der Waals surface area contributed by atoms with E-state index in [-0.39, 0.29) is 30.8 Å². The Labute approximate surface area is 278 Å². The Morgan fingerprint density at radius 2 is 1.20 bits per heavy atom. The van der Waals surface area contributed by atoms with E-state index in [0.717, 1.165) is 51.4 Å². The Balaban J connectivity index is 0.000000476. The van der Waals surface area contributed by atoms with E-state index in [2.05, 4.69) is 13.2 Å². The highest BCUT2D eigenvalue weighted by molar-refractivity contribution is 5.80. The fraction of sp³-hybridized carbons (Fsp3) is 0.833. The van der Waals surface area contributed by atoms with E-state index < -0.39 is 16.8 Å². The molecule has 2 fully saturated rings. The minimum atomic E-state index is -1.06. The molecular weight excluding hydrogens is 592 g/mol. The van der Waals surface area contributed by atoms with Crippen LogP contribution in [-0.2, 0) is 47.5 Å². The van der Waals surface area contributed by atoms with Gasteiger partial charge in [0.1, 0.15) is 31.4 Å². The van der Waals surface area contributed by atoms with Crippen LogP contribution in [0.2, 0.25) is 0 Å². The monoisotopic (exact) mass is 656 g/mol. The molecule has 0 aliphatic heterocycles. The Kier molecular flexibility index (Phi) is 20.1. The lowest BCUT2D eigenvalue weighted by atomic mass is 9.87. The van der Waals surface area contributed by atoms with Crippen LogP contribution < -0.4 is 0 Å². The van der Waals surface area contributed by atoms with Gasteiger partial charge in [-0.1, -0.05) is 25.0 Å². The van der Waals surface area contributed by atoms with Crippen LogP contribution in [0.4, 0.5) is 0 Å². The molecular formula is C36H64O10. The number of rotatable bonds is 18. The van der Waals surface area contributed by atoms with E-state index in [1.807, 2.05) is 41.5 Å². The first kappa shape index (κ1) is 42.2. The highest BCUT2D eigenvalue weighted by Crippen LogP contribution is 2.32. The number of hydrogen-bond acceptors (Lipinski definition) is 10. The molecule has 268 valence electrons. The summed E-state index contributed by atoms with van der Waals surface area (Å²) < 4.78 is 43.7. The minimum Gasteiger partial charge on any atom is -0.458 e. The molecule has 0 amide bonds. The number of hydrogen-bond donors (Lipinski definition) is 0. The highest BCUT2D eigenvalue weighted by atomic mass is 16.7. The normalized spacial score (nSPS) is 22.3. The second-order valence-corrected chi connectivity index (χ2v) is 14.4. The maximum absolute atomic E-state index is 12.9. The summed E-state index contributed by atoms with van der Waals surface area (Å²) in [4.78, 5) is 24.4. The summed E-state index contributed by atoms with van der Waals surface area (Å²) in [5.74, 6) is 0.142. The highest BCUT2D eigenvalue weighted by Gasteiger charge is 2.42. The lowest BCUT2D eigenvalue weighted by molar-refractivity contribution is -0.186. The van der Waals surface area contributed by atoms with Gasteiger partial charge in [0, 0.05) is 27.1 Å². The molecule has 0 aromatic rings. The van der Waals surface area contributed by atoms with Gasteiger partial charge in [0.25, 0.3) is 0 Å². The van der Waals surface area contributed by atoms with E-state index in [4.69, 9.17) is 37.9 Å². The third-order valence-electron chi connectivity index (χ3n) is 7.62. The molecule has 0 saturated heterocycles. The molecule has 0 aromatic carbocycles. The first-order valence-electron chi connectivity index (χ1n) is 16.8. The van der Waals surface area contributed by atoms with Crippen molar-refractivity contribution in [2.24, 2.45) is 11.8 Å². The molecule has 0 radical (unpaired) electrons. The van der Waals surface area contributed by atoms with Crippen LogP contribution in [0.1, 0.15) is 106 Å². The second-order valence-electron chi connectivity index (χ2n) is 14.4. The molecule has 0 spiro atoms. The van der Waals surface area contributed by atoms with Crippen LogP contribution in [0.25, 0.3) is 0 Å². The summed E-state index contributed by atoms with van der Waals surface area (Å²) in [7, 11) is 3.26. The Morgan fingerprint density at radius 1 is 0.717 bits per heavy atom. The first-order chi connectivity index (χ1) is 21.7. The van der Waals surface area contributed by atoms with E-state index in [1.54, 1.807) is 26.4 Å². The maximum Gasteiger partial charge on any atom is 0.339 e. The van der Waals surface area contributed by atoms with E-state index in [9.17, 15) is 9.59 Å². The average Bonchev–Trinajstić information content (AvgIpc) is 2.97. The van der Waals surface area contributed by atoms with Gasteiger partial charge in [-0.2, -0.15) is 0 Å². The van der Waals surface area contributed by atoms with Crippen molar-refractivity contribution in [2.45, 2.75) is 135 Å². The maximum atomic E-state index is 12.9. The van der Waals surface area contributed by atoms with Crippen molar-refractivity contribution in [3.63, 3.8) is 0 Å². The molecule has 0 aromatic heterocycles. The van der Waals surface area contributed by atoms with Gasteiger partial charge in [-0.05, 0) is 91.9 Å². The summed E-state index contributed by atoms with van der Waals surface area (Å²) >= 11 is 0. The fourth-order valence-electron chi connectivity index (χ4n) is 5.64. The number of esters is 2. The topological polar surface area (TPSA) is 108 Å². The lowest BCUT2D eigenvalue weighted by Crippen LogP contribution is -2.46. The van der Waals surface area contributed by atoms with Gasteiger partial charge in [-0.3, -0.25) is 0 Å². The van der Waals surface area contributed by atoms with Crippen molar-refractivity contribution < 1.29 is 47.5 Å². The van der Waals surface area contributed by atoms with Crippen LogP contribution in [0.3, 0.4) is 0 Å². The largest absolute Gasteiger partial charge is 0.458 e. The predicted molar refractivity (Wildman–Crippen MR) is 178 cm³/mol. The van der Waals surface area contributed by atoms with Crippen molar-refractivity contribution in [3.8, 4) is 0 Å². The Morgan fingerprint density at radius 3 is 1.63 bits per heavy atom. The molecule has 0 heterocycles. The summed E-state index contributed by atoms with van der Waals surface area (Å²) in [6.07, 6.45) is 13.0. The minimum absolute atomic E-state index is 0.0252. The van der Waals surface area contributed by atoms with Crippen molar-refractivity contribution >= 4 is 11.9 Å². The molecule has 2 saturated carbocycles. The van der Waals surface area contributed by atoms with Crippen molar-refractivity contribution in [1.82, 2.24) is 0 Å². The van der Waals surface area contributed by atoms with Gasteiger partial charge < -0.3 is 37.9 Å². The van der Waals surface area contributed by atoms with Gasteiger partial charge >= 0.3 is 11.9 Å². The molecule has 0 bridgehead atoms. The molecule has 4 atom stereocenters. The van der Waals surface area contributed by atoms with Gasteiger partial charge in [0.15, 0.2) is 5.60 Å². The summed E-state index contributed by atoms with van der Waals surface area (Å²) in [5, 5.41) is 0. The number of carbonyl (C=O) groups is 2. The average molecular weight is 657 g/mol. The van der Waals surface area contributed by atoms with E-state index in [1.165, 1.54) is 0 Å². The predicted octanol–water partition coefficient (Wildman–Crippen LogP) is 6.94. The molecule has 2 rings (SSSR count). The quantitative estimate of drug-likeness (QED) is 0.0875. The first-order valence-corrected chi connectivity index (χ1v) is 16.8. The molecule has 2 aliphatic carbocycles. The van der Waals surface area contributed by atoms with Crippen molar-refractivity contribution in [2.75, 3.05) is 47.6 Å². The second kappa shape index (κ2) is 21.9. The van der Waals surface area contributed by atoms with Crippen molar-refractivity contribution in [1.29, 1.82) is 0 Å². The van der Waals surface area contributed by atoms with Crippen LogP contribution in [0.15, 0.2) is 25.3 Å². The van der Waals surface area contributed by atoms with E-state index >= 15 is 0 Å². The zero-order valence-corrected chi connectivity index (χ0v) is 30.1. The van der Waals surface area contributed by atoms with E-state index in [0.29, 0.717) is 51.5 Å². The molecule has 46 heavy (non-hydrogen) atoms. The third-order valence-corrected chi connectivity index (χ3v) is 7.62. The number of ether oxygens (including phenoxy) is 8. The lowest BCUT2D eigenvalue weighted by Gasteiger charge is -2.36. The third kappa shape index (κ3) is 18.5. The number of methoxy groups -OCH3 is 2. The van der Waals surface area contributed by atoms with Crippen LogP contribution in [-0.4, -0.2) is 88.6 Å². The molecule has 10 heteroatoms. The van der Waals surface area contributed by atoms with Crippen LogP contribution in [0.5, 0.6) is 0 Å². The Hall–Kier alpha value is -1.82. The SMILES string of the molecule is C=CCC(CC=C)(OCC1CCCC(OCOC)C1)C(=O)OC(C)(C)C.COCOC1CCCC(COCC(=O)OC(C)(C)C)C1. The molecule has 2 aliphatic rings. The molecule has 10 nitrogen and oxygen atoms in total. The zero-order valence-electron chi connectivity index (χ0n) is 30.1. The van der Waals surface area contributed by atoms with Crippen molar-refractivity contribution in [3.05, 3.63) is 25.3 Å². The van der Waals surface area contributed by atoms with Gasteiger partial charge in [0.05, 0.1) is 25.4 Å². The zero-order chi connectivity index (χ0) is 34.6. The summed E-state index contributed by atoms with van der Waals surface area (Å²) in [6.45, 7) is 20.5. The Bertz CT molecular complexity index is 865. The molecule has 0 N–H and O–H groups in total. The smallest absolute Gasteiger partial charge is 0.339 e. The van der Waals surface area contributed by atoms with Gasteiger partial charge in [-0.15, -0.1) is 13.2 Å².